The summed E-state index contributed by atoms with van der Waals surface area (Å²) < 4.78 is 10.6. The molecule has 25 heavy (non-hydrogen) atoms. The maximum atomic E-state index is 12.5. The fourth-order valence-electron chi connectivity index (χ4n) is 2.93. The topological polar surface area (TPSA) is 66.9 Å². The number of hydrogen-bond donors (Lipinski definition) is 1. The number of rotatable bonds is 3. The van der Waals surface area contributed by atoms with Crippen LogP contribution in [0.15, 0.2) is 36.4 Å². The molecule has 4 rings (SSSR count). The molecule has 3 heterocycles. The standard InChI is InChI=1S/C18H20N4O3/c1-21-7-9-22(10-8-21)17-4-2-3-14(20-17)18(23)19-13-5-6-15-16(11-13)25-12-24-15/h2-6,11H,7-10,12H2,1H3,(H,19,23). The van der Waals surface area contributed by atoms with E-state index in [1.54, 1.807) is 24.3 Å². The minimum atomic E-state index is -0.241. The van der Waals surface area contributed by atoms with E-state index in [4.69, 9.17) is 9.47 Å². The van der Waals surface area contributed by atoms with Crippen LogP contribution >= 0.6 is 0 Å². The minimum absolute atomic E-state index is 0.210. The lowest BCUT2D eigenvalue weighted by molar-refractivity contribution is 0.102. The number of nitrogens with zero attached hydrogens (tertiary/aromatic N) is 3. The summed E-state index contributed by atoms with van der Waals surface area (Å²) in [5, 5.41) is 2.86. The summed E-state index contributed by atoms with van der Waals surface area (Å²) in [5.74, 6) is 1.92. The lowest BCUT2D eigenvalue weighted by atomic mass is 10.2. The van der Waals surface area contributed by atoms with Crippen LogP contribution in [-0.4, -0.2) is 55.8 Å². The van der Waals surface area contributed by atoms with E-state index < -0.39 is 0 Å². The third-order valence-electron chi connectivity index (χ3n) is 4.42. The first-order chi connectivity index (χ1) is 12.2. The third-order valence-corrected chi connectivity index (χ3v) is 4.42. The Morgan fingerprint density at radius 2 is 1.88 bits per heavy atom. The lowest BCUT2D eigenvalue weighted by Gasteiger charge is -2.33. The first-order valence-corrected chi connectivity index (χ1v) is 8.30. The number of amides is 1. The second-order valence-electron chi connectivity index (χ2n) is 6.19. The van der Waals surface area contributed by atoms with E-state index in [2.05, 4.69) is 27.1 Å². The normalized spacial score (nSPS) is 16.8. The number of hydrogen-bond acceptors (Lipinski definition) is 6. The van der Waals surface area contributed by atoms with Gasteiger partial charge in [-0.2, -0.15) is 0 Å². The molecule has 1 N–H and O–H groups in total. The smallest absolute Gasteiger partial charge is 0.274 e. The highest BCUT2D eigenvalue weighted by Gasteiger charge is 2.18. The van der Waals surface area contributed by atoms with E-state index in [1.807, 2.05) is 12.1 Å². The molecule has 2 aliphatic heterocycles. The molecule has 0 aliphatic carbocycles. The largest absolute Gasteiger partial charge is 0.454 e. The number of carbonyl (C=O) groups is 1. The van der Waals surface area contributed by atoms with Crippen molar-refractivity contribution in [2.24, 2.45) is 0 Å². The molecule has 0 atom stereocenters. The summed E-state index contributed by atoms with van der Waals surface area (Å²) in [5.41, 5.74) is 1.05. The van der Waals surface area contributed by atoms with Gasteiger partial charge in [-0.25, -0.2) is 4.98 Å². The first-order valence-electron chi connectivity index (χ1n) is 8.30. The number of ether oxygens (including phenoxy) is 2. The molecule has 7 heteroatoms. The lowest BCUT2D eigenvalue weighted by Crippen LogP contribution is -2.44. The highest BCUT2D eigenvalue weighted by molar-refractivity contribution is 6.03. The average Bonchev–Trinajstić information content (AvgIpc) is 3.10. The maximum absolute atomic E-state index is 12.5. The molecular formula is C18H20N4O3. The Labute approximate surface area is 146 Å². The summed E-state index contributed by atoms with van der Waals surface area (Å²) in [6.45, 7) is 4.03. The second-order valence-corrected chi connectivity index (χ2v) is 6.19. The number of fused-ring (bicyclic) bond motifs is 1. The molecule has 0 radical (unpaired) electrons. The Bertz CT molecular complexity index is 788. The van der Waals surface area contributed by atoms with Crippen molar-refractivity contribution in [3.05, 3.63) is 42.1 Å². The van der Waals surface area contributed by atoms with Gasteiger partial charge in [0.15, 0.2) is 11.5 Å². The molecule has 1 aromatic heterocycles. The Balaban J connectivity index is 1.48. The van der Waals surface area contributed by atoms with Gasteiger partial charge in [0.05, 0.1) is 0 Å². The zero-order valence-corrected chi connectivity index (χ0v) is 14.1. The zero-order valence-electron chi connectivity index (χ0n) is 14.1. The van der Waals surface area contributed by atoms with Gasteiger partial charge in [0.2, 0.25) is 6.79 Å². The number of likely N-dealkylation sites (N-methyl/N-ethyl adjacent to an activating group) is 1. The van der Waals surface area contributed by atoms with E-state index in [1.165, 1.54) is 0 Å². The van der Waals surface area contributed by atoms with E-state index >= 15 is 0 Å². The van der Waals surface area contributed by atoms with Gasteiger partial charge in [0, 0.05) is 37.9 Å². The van der Waals surface area contributed by atoms with Crippen LogP contribution in [0.5, 0.6) is 11.5 Å². The number of nitrogens with one attached hydrogen (secondary N) is 1. The van der Waals surface area contributed by atoms with Crippen molar-refractivity contribution in [2.75, 3.05) is 50.2 Å². The van der Waals surface area contributed by atoms with Crippen LogP contribution in [0.25, 0.3) is 0 Å². The van der Waals surface area contributed by atoms with Crippen LogP contribution in [0.3, 0.4) is 0 Å². The van der Waals surface area contributed by atoms with Crippen molar-refractivity contribution >= 4 is 17.4 Å². The SMILES string of the molecule is CN1CCN(c2cccc(C(=O)Nc3ccc4c(c3)OCO4)n2)CC1. The monoisotopic (exact) mass is 340 g/mol. The van der Waals surface area contributed by atoms with Gasteiger partial charge in [-0.1, -0.05) is 6.07 Å². The van der Waals surface area contributed by atoms with Crippen molar-refractivity contribution in [1.82, 2.24) is 9.88 Å². The summed E-state index contributed by atoms with van der Waals surface area (Å²) >= 11 is 0. The Kier molecular flexibility index (Phi) is 4.15. The van der Waals surface area contributed by atoms with Crippen LogP contribution in [0.4, 0.5) is 11.5 Å². The van der Waals surface area contributed by atoms with E-state index in [0.717, 1.165) is 32.0 Å². The maximum Gasteiger partial charge on any atom is 0.274 e. The van der Waals surface area contributed by atoms with Crippen molar-refractivity contribution in [2.45, 2.75) is 0 Å². The molecule has 1 fully saturated rings. The first kappa shape index (κ1) is 15.7. The molecule has 0 spiro atoms. The number of pyridine rings is 1. The molecule has 0 saturated carbocycles. The van der Waals surface area contributed by atoms with Crippen molar-refractivity contribution in [1.29, 1.82) is 0 Å². The predicted octanol–water partition coefficient (Wildman–Crippen LogP) is 1.81. The quantitative estimate of drug-likeness (QED) is 0.919. The van der Waals surface area contributed by atoms with Gasteiger partial charge in [-0.15, -0.1) is 0 Å². The van der Waals surface area contributed by atoms with E-state index in [-0.39, 0.29) is 12.7 Å². The molecule has 130 valence electrons. The van der Waals surface area contributed by atoms with Gasteiger partial charge in [-0.05, 0) is 31.3 Å². The number of benzene rings is 1. The number of carbonyl (C=O) groups excluding carboxylic acids is 1. The van der Waals surface area contributed by atoms with E-state index in [0.29, 0.717) is 22.9 Å². The summed E-state index contributed by atoms with van der Waals surface area (Å²) in [4.78, 5) is 21.5. The second kappa shape index (κ2) is 6.60. The molecule has 0 unspecified atom stereocenters. The Morgan fingerprint density at radius 3 is 2.72 bits per heavy atom. The predicted molar refractivity (Wildman–Crippen MR) is 94.5 cm³/mol. The molecule has 1 saturated heterocycles. The van der Waals surface area contributed by atoms with Gasteiger partial charge in [-0.3, -0.25) is 4.79 Å². The number of anilines is 2. The van der Waals surface area contributed by atoms with Gasteiger partial charge in [0.1, 0.15) is 11.5 Å². The molecule has 1 amide bonds. The average molecular weight is 340 g/mol. The molecule has 2 aliphatic rings. The molecule has 0 bridgehead atoms. The van der Waals surface area contributed by atoms with Crippen molar-refractivity contribution in [3.8, 4) is 11.5 Å². The van der Waals surface area contributed by atoms with Crippen molar-refractivity contribution < 1.29 is 14.3 Å². The van der Waals surface area contributed by atoms with Crippen LogP contribution in [-0.2, 0) is 0 Å². The van der Waals surface area contributed by atoms with Gasteiger partial charge in [0.25, 0.3) is 5.91 Å². The summed E-state index contributed by atoms with van der Waals surface area (Å²) in [6.07, 6.45) is 0. The minimum Gasteiger partial charge on any atom is -0.454 e. The zero-order chi connectivity index (χ0) is 17.2. The van der Waals surface area contributed by atoms with E-state index in [9.17, 15) is 4.79 Å². The summed E-state index contributed by atoms with van der Waals surface area (Å²) in [6, 6.07) is 10.9. The Hall–Kier alpha value is -2.80. The Morgan fingerprint density at radius 1 is 1.08 bits per heavy atom. The fraction of sp³-hybridized carbons (Fsp3) is 0.333. The van der Waals surface area contributed by atoms with Crippen LogP contribution in [0.1, 0.15) is 10.5 Å². The molecule has 7 nitrogen and oxygen atoms in total. The number of piperazine rings is 1. The fourth-order valence-corrected chi connectivity index (χ4v) is 2.93. The number of aromatic nitrogens is 1. The highest BCUT2D eigenvalue weighted by Crippen LogP contribution is 2.34. The van der Waals surface area contributed by atoms with Crippen LogP contribution < -0.4 is 19.7 Å². The molecule has 1 aromatic carbocycles. The van der Waals surface area contributed by atoms with Crippen LogP contribution in [0.2, 0.25) is 0 Å². The van der Waals surface area contributed by atoms with Gasteiger partial charge >= 0.3 is 0 Å². The third kappa shape index (κ3) is 3.36. The van der Waals surface area contributed by atoms with Crippen LogP contribution in [0, 0.1) is 0 Å². The molecular weight excluding hydrogens is 320 g/mol. The molecule has 2 aromatic rings. The van der Waals surface area contributed by atoms with Gasteiger partial charge < -0.3 is 24.6 Å². The van der Waals surface area contributed by atoms with Crippen molar-refractivity contribution in [3.63, 3.8) is 0 Å². The highest BCUT2D eigenvalue weighted by atomic mass is 16.7. The summed E-state index contributed by atoms with van der Waals surface area (Å²) in [7, 11) is 2.11.